The Hall–Kier alpha value is 1.69. The molecule has 13 heavy (non-hydrogen) atoms. The SMILES string of the molecule is CO[Si](CC(C)C)(OC)OC.[K+].[OH-]. The summed E-state index contributed by atoms with van der Waals surface area (Å²) >= 11 is 0. The molecule has 0 saturated carbocycles. The predicted molar refractivity (Wildman–Crippen MR) is 48.4 cm³/mol. The molecule has 0 amide bonds. The van der Waals surface area contributed by atoms with Crippen LogP contribution in [0.2, 0.25) is 6.04 Å². The second kappa shape index (κ2) is 10.2. The largest absolute Gasteiger partial charge is 1.00 e. The Kier molecular flexibility index (Phi) is 15.8. The van der Waals surface area contributed by atoms with Gasteiger partial charge in [0.25, 0.3) is 0 Å². The van der Waals surface area contributed by atoms with Crippen LogP contribution in [0.1, 0.15) is 13.8 Å². The van der Waals surface area contributed by atoms with Gasteiger partial charge < -0.3 is 18.8 Å². The van der Waals surface area contributed by atoms with Gasteiger partial charge in [-0.3, -0.25) is 0 Å². The van der Waals surface area contributed by atoms with Crippen molar-refractivity contribution in [2.45, 2.75) is 19.9 Å². The van der Waals surface area contributed by atoms with Crippen molar-refractivity contribution in [3.05, 3.63) is 0 Å². The fourth-order valence-electron chi connectivity index (χ4n) is 1.00. The van der Waals surface area contributed by atoms with Crippen LogP contribution in [-0.4, -0.2) is 35.6 Å². The van der Waals surface area contributed by atoms with Crippen LogP contribution in [-0.2, 0) is 13.3 Å². The summed E-state index contributed by atoms with van der Waals surface area (Å²) in [5.41, 5.74) is 0. The van der Waals surface area contributed by atoms with Gasteiger partial charge in [0.05, 0.1) is 0 Å². The maximum Gasteiger partial charge on any atom is 1.00 e. The van der Waals surface area contributed by atoms with Crippen LogP contribution in [0.4, 0.5) is 0 Å². The van der Waals surface area contributed by atoms with E-state index in [4.69, 9.17) is 13.3 Å². The molecule has 0 bridgehead atoms. The van der Waals surface area contributed by atoms with Crippen LogP contribution in [0, 0.1) is 5.92 Å². The summed E-state index contributed by atoms with van der Waals surface area (Å²) in [5, 5.41) is 0. The van der Waals surface area contributed by atoms with Gasteiger partial charge in [0.2, 0.25) is 0 Å². The Morgan fingerprint density at radius 2 is 1.31 bits per heavy atom. The van der Waals surface area contributed by atoms with Crippen molar-refractivity contribution in [3.8, 4) is 0 Å². The molecule has 0 rings (SSSR count). The van der Waals surface area contributed by atoms with E-state index in [1.165, 1.54) is 0 Å². The monoisotopic (exact) mass is 234 g/mol. The zero-order valence-corrected chi connectivity index (χ0v) is 13.6. The van der Waals surface area contributed by atoms with Gasteiger partial charge in [0.15, 0.2) is 0 Å². The molecule has 0 fully saturated rings. The van der Waals surface area contributed by atoms with E-state index >= 15 is 0 Å². The molecule has 0 aromatic rings. The summed E-state index contributed by atoms with van der Waals surface area (Å²) in [7, 11) is 2.64. The summed E-state index contributed by atoms with van der Waals surface area (Å²) in [6.07, 6.45) is 0. The Balaban J connectivity index is -0.000000500. The van der Waals surface area contributed by atoms with Gasteiger partial charge in [-0.05, 0) is 5.92 Å². The first-order chi connectivity index (χ1) is 5.10. The maximum absolute atomic E-state index is 5.24. The topological polar surface area (TPSA) is 57.7 Å². The van der Waals surface area contributed by atoms with Crippen molar-refractivity contribution in [2.24, 2.45) is 5.92 Å². The zero-order valence-electron chi connectivity index (χ0n) is 9.46. The smallest absolute Gasteiger partial charge is 0.870 e. The normalized spacial score (nSPS) is 10.6. The molecule has 0 atom stereocenters. The van der Waals surface area contributed by atoms with Crippen molar-refractivity contribution in [1.82, 2.24) is 0 Å². The Labute approximate surface area is 124 Å². The van der Waals surface area contributed by atoms with Crippen LogP contribution in [0.25, 0.3) is 0 Å². The summed E-state index contributed by atoms with van der Waals surface area (Å²) < 4.78 is 15.7. The average molecular weight is 234 g/mol. The molecule has 0 aromatic carbocycles. The van der Waals surface area contributed by atoms with E-state index in [2.05, 4.69) is 13.8 Å². The molecule has 0 aliphatic carbocycles. The standard InChI is InChI=1S/C7H18O3Si.K.H2O/c1-7(2)6-11(8-3,9-4)10-5;;/h7H,6H2,1-5H3;;1H2/q;+1;/p-1. The van der Waals surface area contributed by atoms with Gasteiger partial charge in [0.1, 0.15) is 0 Å². The minimum Gasteiger partial charge on any atom is -0.870 e. The van der Waals surface area contributed by atoms with E-state index in [0.717, 1.165) is 6.04 Å². The van der Waals surface area contributed by atoms with E-state index in [1.54, 1.807) is 21.3 Å². The molecule has 0 aliphatic heterocycles. The van der Waals surface area contributed by atoms with E-state index in [-0.39, 0.29) is 56.9 Å². The summed E-state index contributed by atoms with van der Waals surface area (Å²) in [4.78, 5) is 0. The first-order valence-corrected chi connectivity index (χ1v) is 5.69. The minimum absolute atomic E-state index is 0. The third-order valence-electron chi connectivity index (χ3n) is 1.59. The van der Waals surface area contributed by atoms with Gasteiger partial charge in [-0.25, -0.2) is 0 Å². The molecular weight excluding hydrogens is 215 g/mol. The molecule has 76 valence electrons. The summed E-state index contributed by atoms with van der Waals surface area (Å²) in [6.45, 7) is 4.25. The second-order valence-corrected chi connectivity index (χ2v) is 5.89. The molecule has 6 heteroatoms. The maximum atomic E-state index is 5.24. The van der Waals surface area contributed by atoms with E-state index in [1.807, 2.05) is 0 Å². The number of rotatable bonds is 5. The number of hydrogen-bond acceptors (Lipinski definition) is 4. The van der Waals surface area contributed by atoms with Gasteiger partial charge >= 0.3 is 60.2 Å². The van der Waals surface area contributed by atoms with Crippen molar-refractivity contribution in [2.75, 3.05) is 21.3 Å². The van der Waals surface area contributed by atoms with Crippen molar-refractivity contribution >= 4 is 8.80 Å². The van der Waals surface area contributed by atoms with Gasteiger partial charge in [-0.15, -0.1) is 0 Å². The molecule has 0 aromatic heterocycles. The molecule has 0 heterocycles. The van der Waals surface area contributed by atoms with Crippen LogP contribution in [0.5, 0.6) is 0 Å². The third kappa shape index (κ3) is 7.60. The minimum atomic E-state index is -2.28. The number of hydrogen-bond donors (Lipinski definition) is 0. The molecule has 4 nitrogen and oxygen atoms in total. The molecule has 0 aliphatic rings. The van der Waals surface area contributed by atoms with E-state index < -0.39 is 8.80 Å². The zero-order chi connectivity index (χ0) is 8.91. The van der Waals surface area contributed by atoms with Crippen LogP contribution in [0.15, 0.2) is 0 Å². The predicted octanol–water partition coefficient (Wildman–Crippen LogP) is -1.65. The molecule has 0 unspecified atom stereocenters. The molecule has 0 saturated heterocycles. The van der Waals surface area contributed by atoms with Gasteiger partial charge in [0, 0.05) is 27.4 Å². The Morgan fingerprint density at radius 1 is 1.00 bits per heavy atom. The quantitative estimate of drug-likeness (QED) is 0.535. The first-order valence-electron chi connectivity index (χ1n) is 3.75. The Morgan fingerprint density at radius 3 is 1.38 bits per heavy atom. The van der Waals surface area contributed by atoms with Gasteiger partial charge in [-0.1, -0.05) is 13.8 Å². The molecule has 1 N–H and O–H groups in total. The van der Waals surface area contributed by atoms with Crippen LogP contribution < -0.4 is 51.4 Å². The van der Waals surface area contributed by atoms with Crippen molar-refractivity contribution in [1.29, 1.82) is 0 Å². The second-order valence-electron chi connectivity index (χ2n) is 2.89. The van der Waals surface area contributed by atoms with Gasteiger partial charge in [-0.2, -0.15) is 0 Å². The molecule has 0 spiro atoms. The van der Waals surface area contributed by atoms with Crippen LogP contribution >= 0.6 is 0 Å². The average Bonchev–Trinajstić information content (AvgIpc) is 2.00. The third-order valence-corrected chi connectivity index (χ3v) is 4.77. The Bertz CT molecular complexity index is 100. The molecular formula is C7H19KO4Si. The fraction of sp³-hybridized carbons (Fsp3) is 1.00. The molecule has 0 radical (unpaired) electrons. The van der Waals surface area contributed by atoms with E-state index in [9.17, 15) is 0 Å². The van der Waals surface area contributed by atoms with E-state index in [0.29, 0.717) is 5.92 Å². The summed E-state index contributed by atoms with van der Waals surface area (Å²) in [6, 6.07) is 0.872. The van der Waals surface area contributed by atoms with Crippen molar-refractivity contribution < 1.29 is 70.1 Å². The van der Waals surface area contributed by atoms with Crippen molar-refractivity contribution in [3.63, 3.8) is 0 Å². The summed E-state index contributed by atoms with van der Waals surface area (Å²) in [5.74, 6) is 0.543. The first kappa shape index (κ1) is 20.1. The fourth-order valence-corrected chi connectivity index (χ4v) is 3.00. The van der Waals surface area contributed by atoms with Crippen LogP contribution in [0.3, 0.4) is 0 Å².